The van der Waals surface area contributed by atoms with E-state index in [1.807, 2.05) is 54.7 Å². The van der Waals surface area contributed by atoms with Crippen LogP contribution in [0.25, 0.3) is 10.9 Å². The molecule has 0 saturated carbocycles. The van der Waals surface area contributed by atoms with Crippen LogP contribution in [0.4, 0.5) is 0 Å². The van der Waals surface area contributed by atoms with Crippen molar-refractivity contribution >= 4 is 23.0 Å². The van der Waals surface area contributed by atoms with E-state index in [-0.39, 0.29) is 5.76 Å². The summed E-state index contributed by atoms with van der Waals surface area (Å²) in [4.78, 5) is 11.9. The minimum Gasteiger partial charge on any atom is -0.459 e. The lowest BCUT2D eigenvalue weighted by Crippen LogP contribution is -2.16. The fourth-order valence-corrected chi connectivity index (χ4v) is 3.08. The number of rotatable bonds is 5. The molecule has 0 saturated heterocycles. The third kappa shape index (κ3) is 3.41. The molecule has 2 heterocycles. The number of nitrogens with zero attached hydrogens (tertiary/aromatic N) is 3. The smallest absolute Gasteiger partial charge is 0.307 e. The number of fused-ring (bicyclic) bond motifs is 1. The van der Waals surface area contributed by atoms with E-state index in [9.17, 15) is 10.1 Å². The van der Waals surface area contributed by atoms with E-state index < -0.39 is 5.91 Å². The van der Waals surface area contributed by atoms with Crippen molar-refractivity contribution in [3.63, 3.8) is 0 Å². The molecule has 4 rings (SSSR count). The molecule has 0 unspecified atom stereocenters. The maximum Gasteiger partial charge on any atom is 0.307 e. The molecule has 0 radical (unpaired) electrons. The van der Waals surface area contributed by atoms with E-state index in [2.05, 4.69) is 21.2 Å². The van der Waals surface area contributed by atoms with Crippen molar-refractivity contribution in [2.75, 3.05) is 0 Å². The highest BCUT2D eigenvalue weighted by Gasteiger charge is 2.10. The molecule has 2 aromatic heterocycles. The molecule has 0 fully saturated rings. The van der Waals surface area contributed by atoms with Gasteiger partial charge in [0.05, 0.1) is 24.1 Å². The number of hydrogen-bond acceptors (Lipinski definition) is 4. The molecule has 6 nitrogen and oxygen atoms in total. The van der Waals surface area contributed by atoms with Crippen molar-refractivity contribution in [2.45, 2.75) is 6.54 Å². The van der Waals surface area contributed by atoms with Gasteiger partial charge in [-0.2, -0.15) is 10.4 Å². The van der Waals surface area contributed by atoms with Crippen LogP contribution in [0.1, 0.15) is 27.2 Å². The number of carbonyl (C=O) groups is 1. The number of hydrazone groups is 1. The Balaban J connectivity index is 1.62. The van der Waals surface area contributed by atoms with Crippen molar-refractivity contribution in [1.82, 2.24) is 9.99 Å². The Morgan fingerprint density at radius 2 is 1.96 bits per heavy atom. The molecule has 0 aliphatic heterocycles. The first-order valence-electron chi connectivity index (χ1n) is 8.69. The number of nitriles is 1. The Morgan fingerprint density at radius 3 is 2.79 bits per heavy atom. The normalized spacial score (nSPS) is 11.0. The monoisotopic (exact) mass is 368 g/mol. The predicted octanol–water partition coefficient (Wildman–Crippen LogP) is 3.92. The van der Waals surface area contributed by atoms with Crippen molar-refractivity contribution in [2.24, 2.45) is 5.10 Å². The quantitative estimate of drug-likeness (QED) is 0.428. The van der Waals surface area contributed by atoms with Gasteiger partial charge in [-0.1, -0.05) is 36.4 Å². The van der Waals surface area contributed by atoms with E-state index in [1.54, 1.807) is 18.3 Å². The van der Waals surface area contributed by atoms with E-state index in [0.717, 1.165) is 22.0 Å². The van der Waals surface area contributed by atoms with Crippen molar-refractivity contribution < 1.29 is 9.21 Å². The first kappa shape index (κ1) is 17.3. The number of amides is 1. The van der Waals surface area contributed by atoms with Crippen LogP contribution in [-0.2, 0) is 6.54 Å². The van der Waals surface area contributed by atoms with E-state index in [4.69, 9.17) is 4.42 Å². The Labute approximate surface area is 161 Å². The number of para-hydroxylation sites is 1. The van der Waals surface area contributed by atoms with Crippen LogP contribution >= 0.6 is 0 Å². The van der Waals surface area contributed by atoms with Crippen molar-refractivity contribution in [3.05, 3.63) is 95.6 Å². The Morgan fingerprint density at radius 1 is 1.14 bits per heavy atom. The van der Waals surface area contributed by atoms with Crippen LogP contribution in [-0.4, -0.2) is 16.7 Å². The lowest BCUT2D eigenvalue weighted by atomic mass is 10.1. The van der Waals surface area contributed by atoms with Gasteiger partial charge in [0, 0.05) is 29.2 Å². The second-order valence-corrected chi connectivity index (χ2v) is 6.17. The Hall–Kier alpha value is -4.11. The van der Waals surface area contributed by atoms with Gasteiger partial charge in [0.2, 0.25) is 0 Å². The summed E-state index contributed by atoms with van der Waals surface area (Å²) in [7, 11) is 0. The summed E-state index contributed by atoms with van der Waals surface area (Å²) in [6.45, 7) is 0.566. The molecule has 0 bridgehead atoms. The zero-order valence-corrected chi connectivity index (χ0v) is 14.9. The molecule has 28 heavy (non-hydrogen) atoms. The lowest BCUT2D eigenvalue weighted by Gasteiger charge is -2.07. The fourth-order valence-electron chi connectivity index (χ4n) is 3.08. The first-order chi connectivity index (χ1) is 13.8. The largest absolute Gasteiger partial charge is 0.459 e. The average molecular weight is 368 g/mol. The molecule has 0 aliphatic rings. The van der Waals surface area contributed by atoms with E-state index >= 15 is 0 Å². The summed E-state index contributed by atoms with van der Waals surface area (Å²) < 4.78 is 7.11. The fraction of sp³-hybridized carbons (Fsp3) is 0.0455. The third-order valence-electron chi connectivity index (χ3n) is 4.41. The van der Waals surface area contributed by atoms with Gasteiger partial charge in [0.15, 0.2) is 5.76 Å². The third-order valence-corrected chi connectivity index (χ3v) is 4.41. The van der Waals surface area contributed by atoms with Crippen LogP contribution in [0.5, 0.6) is 0 Å². The topological polar surface area (TPSA) is 83.3 Å². The molecule has 1 N–H and O–H groups in total. The second-order valence-electron chi connectivity index (χ2n) is 6.17. The van der Waals surface area contributed by atoms with Gasteiger partial charge in [0.25, 0.3) is 0 Å². The van der Waals surface area contributed by atoms with Gasteiger partial charge in [0.1, 0.15) is 0 Å². The highest BCUT2D eigenvalue weighted by Crippen LogP contribution is 2.22. The number of furan rings is 1. The van der Waals surface area contributed by atoms with Gasteiger partial charge < -0.3 is 8.98 Å². The molecule has 1 amide bonds. The van der Waals surface area contributed by atoms with Crippen LogP contribution in [0.15, 0.2) is 82.6 Å². The van der Waals surface area contributed by atoms with Gasteiger partial charge in [-0.15, -0.1) is 0 Å². The minimum atomic E-state index is -0.409. The maximum atomic E-state index is 11.9. The van der Waals surface area contributed by atoms with Gasteiger partial charge >= 0.3 is 5.91 Å². The zero-order valence-electron chi connectivity index (χ0n) is 14.9. The van der Waals surface area contributed by atoms with Crippen LogP contribution in [0.2, 0.25) is 0 Å². The molecular weight excluding hydrogens is 352 g/mol. The van der Waals surface area contributed by atoms with Crippen LogP contribution < -0.4 is 5.43 Å². The number of hydrogen-bond donors (Lipinski definition) is 1. The highest BCUT2D eigenvalue weighted by molar-refractivity contribution is 6.00. The predicted molar refractivity (Wildman–Crippen MR) is 106 cm³/mol. The lowest BCUT2D eigenvalue weighted by molar-refractivity contribution is 0.0927. The van der Waals surface area contributed by atoms with E-state index in [1.165, 1.54) is 6.26 Å². The molecular formula is C22H16N4O2. The number of carbonyl (C=O) groups excluding carboxylic acids is 1. The molecule has 4 aromatic rings. The summed E-state index contributed by atoms with van der Waals surface area (Å²) >= 11 is 0. The summed E-state index contributed by atoms with van der Waals surface area (Å²) in [5.74, 6) is -0.208. The van der Waals surface area contributed by atoms with Crippen molar-refractivity contribution in [3.8, 4) is 6.07 Å². The maximum absolute atomic E-state index is 11.9. The summed E-state index contributed by atoms with van der Waals surface area (Å²) in [6.07, 6.45) is 5.00. The molecule has 0 atom stereocenters. The molecule has 6 heteroatoms. The Bertz CT molecular complexity index is 1200. The molecule has 2 aromatic carbocycles. The van der Waals surface area contributed by atoms with Gasteiger partial charge in [-0.3, -0.25) is 4.79 Å². The Kier molecular flexibility index (Phi) is 4.72. The molecule has 136 valence electrons. The average Bonchev–Trinajstić information content (AvgIpc) is 3.38. The standard InChI is InChI=1S/C22H16N4O2/c23-12-16-6-1-2-7-17(16)14-26-15-18(19-8-3-4-9-20(19)26)13-24-25-22(27)21-10-5-11-28-21/h1-11,13,15H,14H2,(H,25,27)/b24-13-. The first-order valence-corrected chi connectivity index (χ1v) is 8.69. The number of nitrogens with one attached hydrogen (secondary N) is 1. The van der Waals surface area contributed by atoms with Crippen LogP contribution in [0.3, 0.4) is 0 Å². The summed E-state index contributed by atoms with van der Waals surface area (Å²) in [5, 5.41) is 14.4. The SMILES string of the molecule is N#Cc1ccccc1Cn1cc(/C=N\NC(=O)c2ccco2)c2ccccc21. The summed E-state index contributed by atoms with van der Waals surface area (Å²) in [6, 6.07) is 20.9. The molecule has 0 aliphatic carbocycles. The second kappa shape index (κ2) is 7.64. The molecule has 0 spiro atoms. The highest BCUT2D eigenvalue weighted by atomic mass is 16.3. The number of aromatic nitrogens is 1. The van der Waals surface area contributed by atoms with Crippen LogP contribution in [0, 0.1) is 11.3 Å². The van der Waals surface area contributed by atoms with Gasteiger partial charge in [-0.25, -0.2) is 5.43 Å². The summed E-state index contributed by atoms with van der Waals surface area (Å²) in [5.41, 5.74) is 5.95. The zero-order chi connectivity index (χ0) is 19.3. The minimum absolute atomic E-state index is 0.202. The number of benzene rings is 2. The van der Waals surface area contributed by atoms with Gasteiger partial charge in [-0.05, 0) is 29.8 Å². The van der Waals surface area contributed by atoms with Crippen molar-refractivity contribution in [1.29, 1.82) is 5.26 Å². The van der Waals surface area contributed by atoms with E-state index in [0.29, 0.717) is 12.1 Å².